The number of hydrogen-bond acceptors (Lipinski definition) is 2. The molecule has 1 amide bonds. The number of carbonyl (C=O) groups is 1. The maximum atomic E-state index is 11.2. The smallest absolute Gasteiger partial charge is 0.261 e. The molecule has 0 aliphatic heterocycles. The molecule has 0 bridgehead atoms. The van der Waals surface area contributed by atoms with Crippen molar-refractivity contribution in [1.29, 1.82) is 0 Å². The van der Waals surface area contributed by atoms with Crippen LogP contribution in [0.4, 0.5) is 0 Å². The number of halogens is 1. The van der Waals surface area contributed by atoms with Crippen LogP contribution in [0.25, 0.3) is 0 Å². The summed E-state index contributed by atoms with van der Waals surface area (Å²) >= 11 is 5.46. The molecule has 0 spiro atoms. The molecule has 82 valence electrons. The van der Waals surface area contributed by atoms with Gasteiger partial charge in [-0.2, -0.15) is 0 Å². The third kappa shape index (κ3) is 4.32. The van der Waals surface area contributed by atoms with E-state index in [4.69, 9.17) is 11.8 Å². The summed E-state index contributed by atoms with van der Waals surface area (Å²) in [6, 6.07) is 10.0. The monoisotopic (exact) mass is 227 g/mol. The van der Waals surface area contributed by atoms with Crippen molar-refractivity contribution in [2.45, 2.75) is 19.3 Å². The third-order valence-corrected chi connectivity index (χ3v) is 2.38. The fraction of sp³-hybridized carbons (Fsp3) is 0.364. The first kappa shape index (κ1) is 12.0. The van der Waals surface area contributed by atoms with Crippen LogP contribution in [0.1, 0.15) is 18.4 Å². The summed E-state index contributed by atoms with van der Waals surface area (Å²) in [5.41, 5.74) is 1.23. The first-order chi connectivity index (χ1) is 7.24. The average molecular weight is 228 g/mol. The first-order valence-electron chi connectivity index (χ1n) is 4.81. The molecule has 0 radical (unpaired) electrons. The molecule has 0 unspecified atom stereocenters. The molecule has 1 aromatic rings. The van der Waals surface area contributed by atoms with Gasteiger partial charge in [0.2, 0.25) is 0 Å². The molecular formula is C11H14ClNO2. The molecule has 0 saturated carbocycles. The summed E-state index contributed by atoms with van der Waals surface area (Å²) in [4.78, 5) is 15.8. The van der Waals surface area contributed by atoms with Crippen molar-refractivity contribution in [2.75, 3.05) is 7.11 Å². The van der Waals surface area contributed by atoms with Gasteiger partial charge < -0.3 is 0 Å². The SMILES string of the molecule is CON(Cl)C(=O)CCCc1ccccc1. The molecule has 0 fully saturated rings. The van der Waals surface area contributed by atoms with Gasteiger partial charge in [0.05, 0.1) is 7.11 Å². The van der Waals surface area contributed by atoms with E-state index in [0.29, 0.717) is 6.42 Å². The van der Waals surface area contributed by atoms with Crippen molar-refractivity contribution < 1.29 is 9.63 Å². The van der Waals surface area contributed by atoms with Gasteiger partial charge in [-0.1, -0.05) is 30.3 Å². The number of aryl methyl sites for hydroxylation is 1. The number of hydroxylamine groups is 1. The topological polar surface area (TPSA) is 29.5 Å². The Labute approximate surface area is 94.7 Å². The van der Waals surface area contributed by atoms with Crippen molar-refractivity contribution in [3.63, 3.8) is 0 Å². The molecule has 0 aliphatic carbocycles. The molecule has 0 heterocycles. The third-order valence-electron chi connectivity index (χ3n) is 2.06. The Hall–Kier alpha value is -1.06. The fourth-order valence-corrected chi connectivity index (χ4v) is 1.36. The summed E-state index contributed by atoms with van der Waals surface area (Å²) in [6.07, 6.45) is 2.04. The summed E-state index contributed by atoms with van der Waals surface area (Å²) in [6.45, 7) is 0. The van der Waals surface area contributed by atoms with Gasteiger partial charge in [-0.25, -0.2) is 0 Å². The van der Waals surface area contributed by atoms with Gasteiger partial charge in [0, 0.05) is 18.2 Å². The molecule has 3 nitrogen and oxygen atoms in total. The van der Waals surface area contributed by atoms with Gasteiger partial charge in [0.1, 0.15) is 0 Å². The minimum Gasteiger partial charge on any atom is -0.271 e. The van der Waals surface area contributed by atoms with Gasteiger partial charge in [0.15, 0.2) is 0 Å². The summed E-state index contributed by atoms with van der Waals surface area (Å²) in [5.74, 6) is -0.213. The standard InChI is InChI=1S/C11H14ClNO2/c1-15-13(12)11(14)9-5-8-10-6-3-2-4-7-10/h2-4,6-7H,5,8-9H2,1H3. The Balaban J connectivity index is 2.25. The Bertz CT molecular complexity index is 303. The van der Waals surface area contributed by atoms with Crippen LogP contribution >= 0.6 is 11.8 Å². The normalized spacial score (nSPS) is 10.0. The predicted molar refractivity (Wildman–Crippen MR) is 59.1 cm³/mol. The molecule has 0 atom stereocenters. The minimum atomic E-state index is -0.213. The lowest BCUT2D eigenvalue weighted by Gasteiger charge is -2.09. The largest absolute Gasteiger partial charge is 0.271 e. The van der Waals surface area contributed by atoms with E-state index in [9.17, 15) is 4.79 Å². The van der Waals surface area contributed by atoms with Gasteiger partial charge in [-0.3, -0.25) is 9.63 Å². The number of nitrogens with zero attached hydrogens (tertiary/aromatic N) is 1. The number of carbonyl (C=O) groups excluding carboxylic acids is 1. The van der Waals surface area contributed by atoms with Gasteiger partial charge in [-0.15, -0.1) is 4.58 Å². The van der Waals surface area contributed by atoms with E-state index < -0.39 is 0 Å². The van der Waals surface area contributed by atoms with E-state index in [-0.39, 0.29) is 5.91 Å². The number of amides is 1. The van der Waals surface area contributed by atoms with Crippen LogP contribution < -0.4 is 0 Å². The minimum absolute atomic E-state index is 0.213. The maximum Gasteiger partial charge on any atom is 0.261 e. The highest BCUT2D eigenvalue weighted by atomic mass is 35.5. The van der Waals surface area contributed by atoms with Crippen molar-refractivity contribution in [3.8, 4) is 0 Å². The quantitative estimate of drug-likeness (QED) is 0.572. The molecule has 0 aromatic heterocycles. The van der Waals surface area contributed by atoms with Crippen LogP contribution in [0.15, 0.2) is 30.3 Å². The van der Waals surface area contributed by atoms with E-state index in [2.05, 4.69) is 4.84 Å². The van der Waals surface area contributed by atoms with Crippen molar-refractivity contribution >= 4 is 17.7 Å². The number of rotatable bonds is 5. The molecule has 15 heavy (non-hydrogen) atoms. The molecule has 0 saturated heterocycles. The Morgan fingerprint density at radius 2 is 2.07 bits per heavy atom. The zero-order chi connectivity index (χ0) is 11.1. The average Bonchev–Trinajstić information content (AvgIpc) is 2.29. The van der Waals surface area contributed by atoms with Crippen LogP contribution in [0, 0.1) is 0 Å². The van der Waals surface area contributed by atoms with Crippen LogP contribution in [0.5, 0.6) is 0 Å². The van der Waals surface area contributed by atoms with Crippen LogP contribution in [-0.4, -0.2) is 17.6 Å². The lowest BCUT2D eigenvalue weighted by molar-refractivity contribution is -0.152. The van der Waals surface area contributed by atoms with Crippen molar-refractivity contribution in [2.24, 2.45) is 0 Å². The molecule has 0 aliphatic rings. The molecule has 1 rings (SSSR count). The lowest BCUT2D eigenvalue weighted by Crippen LogP contribution is -2.19. The Morgan fingerprint density at radius 1 is 1.40 bits per heavy atom. The Morgan fingerprint density at radius 3 is 2.67 bits per heavy atom. The fourth-order valence-electron chi connectivity index (χ4n) is 1.28. The number of hydrogen-bond donors (Lipinski definition) is 0. The maximum absolute atomic E-state index is 11.2. The van der Waals surface area contributed by atoms with Crippen molar-refractivity contribution in [1.82, 2.24) is 4.58 Å². The first-order valence-corrected chi connectivity index (χ1v) is 5.14. The second-order valence-electron chi connectivity index (χ2n) is 3.16. The van der Waals surface area contributed by atoms with Crippen molar-refractivity contribution in [3.05, 3.63) is 35.9 Å². The molecule has 4 heteroatoms. The van der Waals surface area contributed by atoms with E-state index >= 15 is 0 Å². The molecular weight excluding hydrogens is 214 g/mol. The molecule has 1 aromatic carbocycles. The lowest BCUT2D eigenvalue weighted by atomic mass is 10.1. The van der Waals surface area contributed by atoms with Gasteiger partial charge in [-0.05, 0) is 18.4 Å². The van der Waals surface area contributed by atoms with Crippen LogP contribution in [0.3, 0.4) is 0 Å². The molecule has 0 N–H and O–H groups in total. The van der Waals surface area contributed by atoms with E-state index in [1.165, 1.54) is 12.7 Å². The van der Waals surface area contributed by atoms with Crippen LogP contribution in [0.2, 0.25) is 0 Å². The zero-order valence-corrected chi connectivity index (χ0v) is 9.41. The Kier molecular flexibility index (Phi) is 5.15. The van der Waals surface area contributed by atoms with E-state index in [1.807, 2.05) is 30.3 Å². The summed E-state index contributed by atoms with van der Waals surface area (Å²) < 4.78 is 0.741. The number of benzene rings is 1. The van der Waals surface area contributed by atoms with Gasteiger partial charge >= 0.3 is 0 Å². The highest BCUT2D eigenvalue weighted by Crippen LogP contribution is 2.07. The van der Waals surface area contributed by atoms with Crippen LogP contribution in [-0.2, 0) is 16.1 Å². The second-order valence-corrected chi connectivity index (χ2v) is 3.47. The summed E-state index contributed by atoms with van der Waals surface area (Å²) in [7, 11) is 1.36. The predicted octanol–water partition coefficient (Wildman–Crippen LogP) is 2.55. The van der Waals surface area contributed by atoms with E-state index in [1.54, 1.807) is 0 Å². The van der Waals surface area contributed by atoms with E-state index in [0.717, 1.165) is 17.4 Å². The second kappa shape index (κ2) is 6.43. The zero-order valence-electron chi connectivity index (χ0n) is 8.65. The summed E-state index contributed by atoms with van der Waals surface area (Å²) in [5, 5.41) is 0. The van der Waals surface area contributed by atoms with Gasteiger partial charge in [0.25, 0.3) is 5.91 Å². The highest BCUT2D eigenvalue weighted by molar-refractivity contribution is 6.20. The highest BCUT2D eigenvalue weighted by Gasteiger charge is 2.09.